The molecule has 0 bridgehead atoms. The van der Waals surface area contributed by atoms with Gasteiger partial charge in [0.25, 0.3) is 17.7 Å². The molecule has 1 heterocycles. The number of urea groups is 1. The topological polar surface area (TPSA) is 289 Å². The fourth-order valence-electron chi connectivity index (χ4n) is 5.23. The molecule has 1 aliphatic rings. The van der Waals surface area contributed by atoms with E-state index in [1.54, 1.807) is 27.9 Å². The lowest BCUT2D eigenvalue weighted by atomic mass is 10.0. The van der Waals surface area contributed by atoms with Crippen molar-refractivity contribution in [3.8, 4) is 5.75 Å². The molecule has 1 aromatic rings. The van der Waals surface area contributed by atoms with Crippen LogP contribution in [0.15, 0.2) is 30.4 Å². The van der Waals surface area contributed by atoms with E-state index >= 15 is 0 Å². The number of ether oxygens (including phenoxy) is 2. The number of primary amides is 1. The molecule has 0 spiro atoms. The van der Waals surface area contributed by atoms with Gasteiger partial charge in [0.15, 0.2) is 6.61 Å². The van der Waals surface area contributed by atoms with Gasteiger partial charge in [-0.3, -0.25) is 38.5 Å². The van der Waals surface area contributed by atoms with E-state index < -0.39 is 66.3 Å². The minimum Gasteiger partial charge on any atom is -0.483 e. The molecule has 0 aliphatic carbocycles. The summed E-state index contributed by atoms with van der Waals surface area (Å²) in [5, 5.41) is 18.7. The molecule has 0 aromatic heterocycles. The predicted molar refractivity (Wildman–Crippen MR) is 210 cm³/mol. The van der Waals surface area contributed by atoms with Crippen LogP contribution in [0, 0.1) is 5.92 Å². The van der Waals surface area contributed by atoms with Gasteiger partial charge in [0.2, 0.25) is 23.6 Å². The summed E-state index contributed by atoms with van der Waals surface area (Å²) >= 11 is 0. The monoisotopic (exact) mass is 816 g/mol. The molecule has 21 heteroatoms. The molecule has 1 aliphatic heterocycles. The average molecular weight is 817 g/mol. The van der Waals surface area contributed by atoms with E-state index in [0.29, 0.717) is 25.1 Å². The summed E-state index contributed by atoms with van der Waals surface area (Å²) in [6, 6.07) is 1.70. The highest BCUT2D eigenvalue weighted by atomic mass is 16.6. The zero-order chi connectivity index (χ0) is 43.2. The van der Waals surface area contributed by atoms with E-state index in [9.17, 15) is 43.2 Å². The molecule has 2 atom stereocenters. The largest absolute Gasteiger partial charge is 0.483 e. The van der Waals surface area contributed by atoms with Crippen LogP contribution in [0.2, 0.25) is 0 Å². The standard InChI is InChI=1S/C37H56N10O11/c1-23(2)33(43-24(3)48)35(54)45-27(8-6-14-42-36(38)55)34(53)44-26-10-9-25(21-58-37(56)46(5)19-17-39-4)28(20-26)57-22-30(50)41-16-7-15-40-29(49)13-18-47-31(51)11-12-32(47)52/h9-12,20,23,27,33,39H,6-8,13-19,21-22H2,1-5H3,(H,40,49)(H,41,50)(H,43,48)(H,44,53)(H,45,54)(H3,38,42,55)/t27-,33-/m0/s1. The van der Waals surface area contributed by atoms with Gasteiger partial charge in [0.05, 0.1) is 0 Å². The van der Waals surface area contributed by atoms with Gasteiger partial charge >= 0.3 is 12.1 Å². The van der Waals surface area contributed by atoms with Crippen molar-refractivity contribution in [3.63, 3.8) is 0 Å². The first-order valence-electron chi connectivity index (χ1n) is 18.8. The number of nitrogens with one attached hydrogen (secondary N) is 7. The third-order valence-electron chi connectivity index (χ3n) is 8.42. The van der Waals surface area contributed by atoms with Crippen molar-refractivity contribution in [2.75, 3.05) is 65.3 Å². The van der Waals surface area contributed by atoms with Crippen LogP contribution in [0.5, 0.6) is 5.75 Å². The summed E-state index contributed by atoms with van der Waals surface area (Å²) in [4.78, 5) is 113. The average Bonchev–Trinajstić information content (AvgIpc) is 3.49. The number of hydrogen-bond donors (Lipinski definition) is 8. The first kappa shape index (κ1) is 47.9. The van der Waals surface area contributed by atoms with Crippen molar-refractivity contribution < 1.29 is 52.6 Å². The second-order valence-electron chi connectivity index (χ2n) is 13.6. The zero-order valence-electron chi connectivity index (χ0n) is 33.6. The Morgan fingerprint density at radius 3 is 2.14 bits per heavy atom. The van der Waals surface area contributed by atoms with Gasteiger partial charge in [-0.25, -0.2) is 9.59 Å². The van der Waals surface area contributed by atoms with Crippen molar-refractivity contribution >= 4 is 59.2 Å². The van der Waals surface area contributed by atoms with E-state index in [4.69, 9.17) is 15.2 Å². The van der Waals surface area contributed by atoms with E-state index in [0.717, 1.165) is 17.1 Å². The first-order valence-corrected chi connectivity index (χ1v) is 18.8. The van der Waals surface area contributed by atoms with E-state index in [-0.39, 0.29) is 75.3 Å². The second-order valence-corrected chi connectivity index (χ2v) is 13.6. The van der Waals surface area contributed by atoms with Gasteiger partial charge in [-0.15, -0.1) is 0 Å². The predicted octanol–water partition coefficient (Wildman–Crippen LogP) is -1.18. The van der Waals surface area contributed by atoms with Crippen molar-refractivity contribution in [2.45, 2.75) is 65.1 Å². The minimum atomic E-state index is -1.11. The maximum Gasteiger partial charge on any atom is 0.409 e. The van der Waals surface area contributed by atoms with Crippen LogP contribution in [0.1, 0.15) is 52.0 Å². The number of carbonyl (C=O) groups excluding carboxylic acids is 9. The number of benzene rings is 1. The number of nitrogens with zero attached hydrogens (tertiary/aromatic N) is 2. The van der Waals surface area contributed by atoms with Crippen molar-refractivity contribution in [2.24, 2.45) is 11.7 Å². The Bertz CT molecular complexity index is 1650. The van der Waals surface area contributed by atoms with Gasteiger partial charge in [0.1, 0.15) is 24.4 Å². The van der Waals surface area contributed by atoms with Gasteiger partial charge in [0, 0.05) is 89.1 Å². The SMILES string of the molecule is CNCCN(C)C(=O)OCc1ccc(NC(=O)[C@H](CCCNC(N)=O)NC(=O)[C@@H](NC(C)=O)C(C)C)cc1OCC(=O)NCCCNC(=O)CCN1C(=O)C=CC1=O. The van der Waals surface area contributed by atoms with Crippen LogP contribution < -0.4 is 47.7 Å². The summed E-state index contributed by atoms with van der Waals surface area (Å²) in [6.07, 6.45) is 2.32. The number of nitrogens with two attached hydrogens (primary N) is 1. The highest BCUT2D eigenvalue weighted by molar-refractivity contribution is 6.13. The fraction of sp³-hybridized carbons (Fsp3) is 0.541. The molecule has 21 nitrogen and oxygen atoms in total. The van der Waals surface area contributed by atoms with E-state index in [1.165, 1.54) is 30.0 Å². The zero-order valence-corrected chi connectivity index (χ0v) is 33.6. The van der Waals surface area contributed by atoms with Gasteiger partial charge in [-0.05, 0) is 44.4 Å². The molecule has 0 radical (unpaired) electrons. The first-order chi connectivity index (χ1) is 27.5. The molecule has 2 rings (SSSR count). The molecule has 58 heavy (non-hydrogen) atoms. The second kappa shape index (κ2) is 25.1. The normalized spacial score (nSPS) is 13.0. The molecule has 1 aromatic carbocycles. The lowest BCUT2D eigenvalue weighted by Gasteiger charge is -2.25. The molecule has 10 amide bonds. The fourth-order valence-corrected chi connectivity index (χ4v) is 5.23. The van der Waals surface area contributed by atoms with E-state index in [2.05, 4.69) is 37.2 Å². The lowest BCUT2D eigenvalue weighted by molar-refractivity contribution is -0.137. The molecule has 0 unspecified atom stereocenters. The highest BCUT2D eigenvalue weighted by Gasteiger charge is 2.29. The van der Waals surface area contributed by atoms with Crippen LogP contribution in [0.25, 0.3) is 0 Å². The number of rotatable bonds is 25. The summed E-state index contributed by atoms with van der Waals surface area (Å²) in [6.45, 7) is 5.43. The summed E-state index contributed by atoms with van der Waals surface area (Å²) in [5.74, 6) is -3.67. The molecular formula is C37H56N10O11. The molecule has 0 saturated heterocycles. The Balaban J connectivity index is 2.11. The van der Waals surface area contributed by atoms with Crippen LogP contribution in [0.4, 0.5) is 15.3 Å². The Morgan fingerprint density at radius 2 is 1.52 bits per heavy atom. The van der Waals surface area contributed by atoms with Crippen molar-refractivity contribution in [3.05, 3.63) is 35.9 Å². The van der Waals surface area contributed by atoms with Gasteiger partial charge in [-0.1, -0.05) is 13.8 Å². The number of imide groups is 1. The van der Waals surface area contributed by atoms with Gasteiger partial charge in [-0.2, -0.15) is 0 Å². The summed E-state index contributed by atoms with van der Waals surface area (Å²) < 4.78 is 11.3. The van der Waals surface area contributed by atoms with Crippen molar-refractivity contribution in [1.82, 2.24) is 41.7 Å². The third-order valence-corrected chi connectivity index (χ3v) is 8.42. The number of anilines is 1. The van der Waals surface area contributed by atoms with Crippen LogP contribution >= 0.6 is 0 Å². The minimum absolute atomic E-state index is 0.0460. The number of hydrogen-bond acceptors (Lipinski definition) is 12. The number of likely N-dealkylation sites (N-methyl/N-ethyl adjacent to an activating group) is 2. The third kappa shape index (κ3) is 17.7. The summed E-state index contributed by atoms with van der Waals surface area (Å²) in [7, 11) is 3.31. The maximum atomic E-state index is 13.6. The maximum absolute atomic E-state index is 13.6. The van der Waals surface area contributed by atoms with E-state index in [1.807, 2.05) is 0 Å². The van der Waals surface area contributed by atoms with Crippen molar-refractivity contribution in [1.29, 1.82) is 0 Å². The smallest absolute Gasteiger partial charge is 0.409 e. The Labute approximate surface area is 336 Å². The number of carbonyl (C=O) groups is 9. The van der Waals surface area contributed by atoms with Crippen LogP contribution in [-0.4, -0.2) is 135 Å². The van der Waals surface area contributed by atoms with Gasteiger partial charge < -0.3 is 57.3 Å². The molecular weight excluding hydrogens is 760 g/mol. The Morgan fingerprint density at radius 1 is 0.862 bits per heavy atom. The Hall–Kier alpha value is -6.25. The van der Waals surface area contributed by atoms with Crippen LogP contribution in [0.3, 0.4) is 0 Å². The Kier molecular flexibility index (Phi) is 20.7. The number of amides is 10. The highest BCUT2D eigenvalue weighted by Crippen LogP contribution is 2.25. The quantitative estimate of drug-likeness (QED) is 0.0428. The molecule has 9 N–H and O–H groups in total. The lowest BCUT2D eigenvalue weighted by Crippen LogP contribution is -2.54. The molecule has 0 fully saturated rings. The summed E-state index contributed by atoms with van der Waals surface area (Å²) in [5.41, 5.74) is 5.73. The molecule has 0 saturated carbocycles. The molecule has 320 valence electrons. The van der Waals surface area contributed by atoms with Crippen LogP contribution in [-0.2, 0) is 44.9 Å².